The predicted octanol–water partition coefficient (Wildman–Crippen LogP) is 2.75. The molecular weight excluding hydrogens is 192 g/mol. The van der Waals surface area contributed by atoms with Crippen LogP contribution in [0.2, 0.25) is 0 Å². The van der Waals surface area contributed by atoms with Crippen molar-refractivity contribution in [1.82, 2.24) is 0 Å². The second-order valence-corrected chi connectivity index (χ2v) is 4.03. The summed E-state index contributed by atoms with van der Waals surface area (Å²) in [7, 11) is 0. The van der Waals surface area contributed by atoms with Gasteiger partial charge < -0.3 is 10.2 Å². The van der Waals surface area contributed by atoms with Crippen molar-refractivity contribution in [1.29, 1.82) is 0 Å². The molecule has 0 aromatic heterocycles. The summed E-state index contributed by atoms with van der Waals surface area (Å²) in [6, 6.07) is 4.98. The number of carboxylic acids is 1. The lowest BCUT2D eigenvalue weighted by molar-refractivity contribution is 0.0693. The molecule has 0 atom stereocenters. The van der Waals surface area contributed by atoms with Crippen LogP contribution in [-0.2, 0) is 0 Å². The van der Waals surface area contributed by atoms with Gasteiger partial charge in [0.2, 0.25) is 0 Å². The highest BCUT2D eigenvalue weighted by atomic mass is 16.4. The second kappa shape index (κ2) is 3.93. The first-order chi connectivity index (χ1) is 7.20. The maximum atomic E-state index is 10.8. The van der Waals surface area contributed by atoms with E-state index in [4.69, 9.17) is 5.11 Å². The van der Waals surface area contributed by atoms with E-state index in [1.165, 1.54) is 18.9 Å². The lowest BCUT2D eigenvalue weighted by Gasteiger charge is -2.12. The topological polar surface area (TPSA) is 57.5 Å². The van der Waals surface area contributed by atoms with Gasteiger partial charge in [-0.1, -0.05) is 25.0 Å². The third kappa shape index (κ3) is 1.82. The standard InChI is InChI=1S/C12H14O3/c13-11-9(8-4-1-2-5-8)6-3-7-10(11)12(14)15/h3,6-8,13H,1-2,4-5H2,(H,14,15). The molecular formula is C12H14O3. The zero-order chi connectivity index (χ0) is 10.8. The van der Waals surface area contributed by atoms with Gasteiger partial charge in [-0.15, -0.1) is 0 Å². The van der Waals surface area contributed by atoms with Gasteiger partial charge in [-0.3, -0.25) is 0 Å². The molecule has 0 heterocycles. The average Bonchev–Trinajstić information content (AvgIpc) is 2.70. The molecule has 3 nitrogen and oxygen atoms in total. The lowest BCUT2D eigenvalue weighted by Crippen LogP contribution is -2.01. The molecule has 2 rings (SSSR count). The number of hydrogen-bond donors (Lipinski definition) is 2. The third-order valence-electron chi connectivity index (χ3n) is 3.09. The molecule has 0 amide bonds. The van der Waals surface area contributed by atoms with Crippen molar-refractivity contribution in [2.45, 2.75) is 31.6 Å². The Morgan fingerprint density at radius 2 is 1.93 bits per heavy atom. The Morgan fingerprint density at radius 3 is 2.53 bits per heavy atom. The minimum Gasteiger partial charge on any atom is -0.507 e. The fourth-order valence-corrected chi connectivity index (χ4v) is 2.30. The number of aromatic carboxylic acids is 1. The summed E-state index contributed by atoms with van der Waals surface area (Å²) in [5.74, 6) is -0.770. The van der Waals surface area contributed by atoms with Crippen LogP contribution in [-0.4, -0.2) is 16.2 Å². The molecule has 3 heteroatoms. The first kappa shape index (κ1) is 10.0. The summed E-state index contributed by atoms with van der Waals surface area (Å²) in [4.78, 5) is 10.8. The Labute approximate surface area is 88.4 Å². The fourth-order valence-electron chi connectivity index (χ4n) is 2.30. The van der Waals surface area contributed by atoms with Crippen LogP contribution in [0.3, 0.4) is 0 Å². The van der Waals surface area contributed by atoms with Crippen molar-refractivity contribution in [3.05, 3.63) is 29.3 Å². The summed E-state index contributed by atoms with van der Waals surface area (Å²) in [5, 5.41) is 18.7. The quantitative estimate of drug-likeness (QED) is 0.782. The van der Waals surface area contributed by atoms with Gasteiger partial charge >= 0.3 is 5.97 Å². The average molecular weight is 206 g/mol. The Balaban J connectivity index is 2.39. The second-order valence-electron chi connectivity index (χ2n) is 4.03. The van der Waals surface area contributed by atoms with Crippen LogP contribution < -0.4 is 0 Å². The molecule has 0 bridgehead atoms. The summed E-state index contributed by atoms with van der Waals surface area (Å²) in [6.07, 6.45) is 4.44. The number of phenols is 1. The van der Waals surface area contributed by atoms with Crippen LogP contribution in [0.25, 0.3) is 0 Å². The maximum Gasteiger partial charge on any atom is 0.339 e. The molecule has 80 valence electrons. The number of para-hydroxylation sites is 1. The number of aromatic hydroxyl groups is 1. The number of hydrogen-bond acceptors (Lipinski definition) is 2. The van der Waals surface area contributed by atoms with Crippen molar-refractivity contribution < 1.29 is 15.0 Å². The van der Waals surface area contributed by atoms with E-state index in [9.17, 15) is 9.90 Å². The van der Waals surface area contributed by atoms with Crippen LogP contribution >= 0.6 is 0 Å². The molecule has 1 aromatic rings. The zero-order valence-corrected chi connectivity index (χ0v) is 8.44. The molecule has 1 aliphatic carbocycles. The SMILES string of the molecule is O=C(O)c1cccc(C2CCCC2)c1O. The smallest absolute Gasteiger partial charge is 0.339 e. The maximum absolute atomic E-state index is 10.8. The third-order valence-corrected chi connectivity index (χ3v) is 3.09. The van der Waals surface area contributed by atoms with Crippen LogP contribution in [0.1, 0.15) is 47.5 Å². The Morgan fingerprint density at radius 1 is 1.27 bits per heavy atom. The van der Waals surface area contributed by atoms with Crippen LogP contribution in [0.15, 0.2) is 18.2 Å². The van der Waals surface area contributed by atoms with Crippen molar-refractivity contribution in [2.75, 3.05) is 0 Å². The van der Waals surface area contributed by atoms with E-state index in [1.807, 2.05) is 6.07 Å². The van der Waals surface area contributed by atoms with Crippen LogP contribution in [0, 0.1) is 0 Å². The molecule has 0 saturated heterocycles. The number of carbonyl (C=O) groups is 1. The van der Waals surface area contributed by atoms with Gasteiger partial charge in [-0.25, -0.2) is 4.79 Å². The molecule has 1 fully saturated rings. The lowest BCUT2D eigenvalue weighted by atomic mass is 9.95. The van der Waals surface area contributed by atoms with Gasteiger partial charge in [0, 0.05) is 0 Å². The predicted molar refractivity (Wildman–Crippen MR) is 56.3 cm³/mol. The minimum absolute atomic E-state index is 0.0133. The highest BCUT2D eigenvalue weighted by molar-refractivity contribution is 5.91. The number of rotatable bonds is 2. The summed E-state index contributed by atoms with van der Waals surface area (Å²) < 4.78 is 0. The normalized spacial score (nSPS) is 16.8. The van der Waals surface area contributed by atoms with Gasteiger partial charge in [0.05, 0.1) is 0 Å². The van der Waals surface area contributed by atoms with Crippen molar-refractivity contribution in [3.63, 3.8) is 0 Å². The van der Waals surface area contributed by atoms with E-state index in [-0.39, 0.29) is 11.3 Å². The summed E-state index contributed by atoms with van der Waals surface area (Å²) in [5.41, 5.74) is 0.812. The van der Waals surface area contributed by atoms with E-state index >= 15 is 0 Å². The van der Waals surface area contributed by atoms with Gasteiger partial charge in [-0.05, 0) is 30.4 Å². The first-order valence-corrected chi connectivity index (χ1v) is 5.25. The highest BCUT2D eigenvalue weighted by Crippen LogP contribution is 2.39. The monoisotopic (exact) mass is 206 g/mol. The van der Waals surface area contributed by atoms with E-state index in [2.05, 4.69) is 0 Å². The molecule has 0 spiro atoms. The molecule has 1 aromatic carbocycles. The number of carboxylic acid groups (broad SMARTS) is 1. The highest BCUT2D eigenvalue weighted by Gasteiger charge is 2.22. The van der Waals surface area contributed by atoms with E-state index < -0.39 is 5.97 Å². The Kier molecular flexibility index (Phi) is 2.62. The molecule has 1 aliphatic rings. The van der Waals surface area contributed by atoms with E-state index in [0.29, 0.717) is 5.92 Å². The largest absolute Gasteiger partial charge is 0.507 e. The van der Waals surface area contributed by atoms with Gasteiger partial charge in [0.15, 0.2) is 0 Å². The minimum atomic E-state index is -1.06. The van der Waals surface area contributed by atoms with E-state index in [0.717, 1.165) is 18.4 Å². The van der Waals surface area contributed by atoms with Crippen molar-refractivity contribution in [2.24, 2.45) is 0 Å². The van der Waals surface area contributed by atoms with Gasteiger partial charge in [0.1, 0.15) is 11.3 Å². The van der Waals surface area contributed by atoms with Crippen LogP contribution in [0.5, 0.6) is 5.75 Å². The van der Waals surface area contributed by atoms with Crippen LogP contribution in [0.4, 0.5) is 0 Å². The fraction of sp³-hybridized carbons (Fsp3) is 0.417. The molecule has 15 heavy (non-hydrogen) atoms. The van der Waals surface area contributed by atoms with Gasteiger partial charge in [-0.2, -0.15) is 0 Å². The molecule has 0 aliphatic heterocycles. The Bertz CT molecular complexity index is 378. The summed E-state index contributed by atoms with van der Waals surface area (Å²) >= 11 is 0. The van der Waals surface area contributed by atoms with Gasteiger partial charge in [0.25, 0.3) is 0 Å². The molecule has 0 radical (unpaired) electrons. The molecule has 1 saturated carbocycles. The van der Waals surface area contributed by atoms with Crippen molar-refractivity contribution in [3.8, 4) is 5.75 Å². The first-order valence-electron chi connectivity index (χ1n) is 5.25. The van der Waals surface area contributed by atoms with E-state index in [1.54, 1.807) is 6.07 Å². The van der Waals surface area contributed by atoms with Crippen molar-refractivity contribution >= 4 is 5.97 Å². The molecule has 2 N–H and O–H groups in total. The molecule has 0 unspecified atom stereocenters. The Hall–Kier alpha value is -1.51. The number of benzene rings is 1. The zero-order valence-electron chi connectivity index (χ0n) is 8.44. The summed E-state index contributed by atoms with van der Waals surface area (Å²) in [6.45, 7) is 0.